The Balaban J connectivity index is 2.09. The number of aliphatic hydroxyl groups excluding tert-OH is 1. The summed E-state index contributed by atoms with van der Waals surface area (Å²) >= 11 is 11.9. The molecule has 0 saturated carbocycles. The maximum atomic E-state index is 14.6. The van der Waals surface area contributed by atoms with E-state index in [4.69, 9.17) is 23.2 Å². The van der Waals surface area contributed by atoms with Gasteiger partial charge in [-0.1, -0.05) is 36.2 Å². The quantitative estimate of drug-likeness (QED) is 0.433. The van der Waals surface area contributed by atoms with Crippen molar-refractivity contribution in [3.63, 3.8) is 0 Å². The lowest BCUT2D eigenvalue weighted by atomic mass is 9.73. The first kappa shape index (κ1) is 27.4. The molecule has 1 saturated heterocycles. The van der Waals surface area contributed by atoms with E-state index in [0.717, 1.165) is 29.2 Å². The average molecular weight is 543 g/mol. The van der Waals surface area contributed by atoms with Crippen LogP contribution in [-0.2, 0) is 22.9 Å². The molecule has 2 unspecified atom stereocenters. The fourth-order valence-electron chi connectivity index (χ4n) is 4.57. The van der Waals surface area contributed by atoms with Crippen LogP contribution in [0.15, 0.2) is 36.4 Å². The fraction of sp³-hybridized carbons (Fsp3) is 0.435. The van der Waals surface area contributed by atoms with Gasteiger partial charge in [-0.25, -0.2) is 0 Å². The Morgan fingerprint density at radius 3 is 2.26 bits per heavy atom. The van der Waals surface area contributed by atoms with Crippen molar-refractivity contribution in [3.05, 3.63) is 63.1 Å². The van der Waals surface area contributed by atoms with E-state index >= 15 is 0 Å². The van der Waals surface area contributed by atoms with Crippen molar-refractivity contribution in [2.75, 3.05) is 18.1 Å². The standard InChI is InChI=1S/C23H22Cl2F6N2O2/c1-2-20(35)32-11-13-3-4-17(10-18(13)22(26,27)28)33-6-5-21(19(33)12-34,23(29,30)31)14-7-15(24)9-16(25)8-14/h3-4,7-10,19,34H,2,5-6,11-12H2,1H3,(H,32,35). The van der Waals surface area contributed by atoms with Crippen molar-refractivity contribution in [1.29, 1.82) is 0 Å². The molecule has 1 amide bonds. The maximum Gasteiger partial charge on any atom is 0.416 e. The van der Waals surface area contributed by atoms with Gasteiger partial charge in [0.25, 0.3) is 0 Å². The molecule has 0 spiro atoms. The number of nitrogens with one attached hydrogen (secondary N) is 1. The molecule has 0 radical (unpaired) electrons. The first-order valence-corrected chi connectivity index (χ1v) is 11.4. The molecule has 0 aromatic heterocycles. The fourth-order valence-corrected chi connectivity index (χ4v) is 5.10. The zero-order valence-corrected chi connectivity index (χ0v) is 19.9. The molecular weight excluding hydrogens is 521 g/mol. The van der Waals surface area contributed by atoms with E-state index < -0.39 is 54.9 Å². The van der Waals surface area contributed by atoms with E-state index in [0.29, 0.717) is 0 Å². The van der Waals surface area contributed by atoms with E-state index in [9.17, 15) is 36.2 Å². The van der Waals surface area contributed by atoms with Crippen LogP contribution in [0.5, 0.6) is 0 Å². The first-order valence-electron chi connectivity index (χ1n) is 10.6. The van der Waals surface area contributed by atoms with Gasteiger partial charge < -0.3 is 15.3 Å². The molecule has 1 aliphatic heterocycles. The van der Waals surface area contributed by atoms with Crippen LogP contribution in [0.4, 0.5) is 32.0 Å². The number of halogens is 8. The first-order chi connectivity index (χ1) is 16.2. The summed E-state index contributed by atoms with van der Waals surface area (Å²) in [6.45, 7) is -0.110. The monoisotopic (exact) mass is 542 g/mol. The van der Waals surface area contributed by atoms with Crippen LogP contribution < -0.4 is 10.2 Å². The minimum Gasteiger partial charge on any atom is -0.394 e. The molecule has 2 aromatic carbocycles. The van der Waals surface area contributed by atoms with Crippen molar-refractivity contribution in [1.82, 2.24) is 5.32 Å². The Hall–Kier alpha value is -2.17. The van der Waals surface area contributed by atoms with Crippen LogP contribution >= 0.6 is 23.2 Å². The van der Waals surface area contributed by atoms with Gasteiger partial charge in [-0.05, 0) is 47.9 Å². The van der Waals surface area contributed by atoms with Gasteiger partial charge in [0.15, 0.2) is 0 Å². The van der Waals surface area contributed by atoms with Crippen molar-refractivity contribution < 1.29 is 36.2 Å². The molecule has 0 aliphatic carbocycles. The highest BCUT2D eigenvalue weighted by Crippen LogP contribution is 2.53. The highest BCUT2D eigenvalue weighted by atomic mass is 35.5. The number of nitrogens with zero attached hydrogens (tertiary/aromatic N) is 1. The minimum atomic E-state index is -4.87. The predicted molar refractivity (Wildman–Crippen MR) is 121 cm³/mol. The van der Waals surface area contributed by atoms with Crippen LogP contribution in [0.1, 0.15) is 36.5 Å². The van der Waals surface area contributed by atoms with Crippen molar-refractivity contribution >= 4 is 34.8 Å². The van der Waals surface area contributed by atoms with E-state index in [1.54, 1.807) is 6.92 Å². The van der Waals surface area contributed by atoms with E-state index in [2.05, 4.69) is 5.32 Å². The topological polar surface area (TPSA) is 52.6 Å². The molecule has 1 aliphatic rings. The number of rotatable bonds is 6. The Morgan fingerprint density at radius 1 is 1.11 bits per heavy atom. The molecule has 3 rings (SSSR count). The second-order valence-electron chi connectivity index (χ2n) is 8.24. The summed E-state index contributed by atoms with van der Waals surface area (Å²) in [5, 5.41) is 12.4. The Labute approximate surface area is 207 Å². The van der Waals surface area contributed by atoms with Crippen molar-refractivity contribution in [2.24, 2.45) is 0 Å². The van der Waals surface area contributed by atoms with Gasteiger partial charge in [-0.3, -0.25) is 4.79 Å². The molecular formula is C23H22Cl2F6N2O2. The molecule has 4 nitrogen and oxygen atoms in total. The lowest BCUT2D eigenvalue weighted by molar-refractivity contribution is -0.195. The predicted octanol–water partition coefficient (Wildman–Crippen LogP) is 6.11. The summed E-state index contributed by atoms with van der Waals surface area (Å²) in [5.74, 6) is -0.447. The molecule has 192 valence electrons. The third-order valence-electron chi connectivity index (χ3n) is 6.28. The smallest absolute Gasteiger partial charge is 0.394 e. The molecule has 2 atom stereocenters. The summed E-state index contributed by atoms with van der Waals surface area (Å²) in [6, 6.07) is 4.95. The Morgan fingerprint density at radius 2 is 1.74 bits per heavy atom. The third-order valence-corrected chi connectivity index (χ3v) is 6.71. The largest absolute Gasteiger partial charge is 0.416 e. The average Bonchev–Trinajstić information content (AvgIpc) is 3.16. The molecule has 1 fully saturated rings. The van der Waals surface area contributed by atoms with Gasteiger partial charge >= 0.3 is 12.4 Å². The second kappa shape index (κ2) is 10.1. The molecule has 2 N–H and O–H groups in total. The maximum absolute atomic E-state index is 14.6. The number of hydrogen-bond donors (Lipinski definition) is 2. The molecule has 2 aromatic rings. The highest BCUT2D eigenvalue weighted by molar-refractivity contribution is 6.34. The van der Waals surface area contributed by atoms with Gasteiger partial charge in [-0.2, -0.15) is 26.3 Å². The van der Waals surface area contributed by atoms with E-state index in [-0.39, 0.29) is 39.8 Å². The van der Waals surface area contributed by atoms with Gasteiger partial charge in [-0.15, -0.1) is 0 Å². The number of aliphatic hydroxyl groups is 1. The van der Waals surface area contributed by atoms with Gasteiger partial charge in [0, 0.05) is 35.2 Å². The summed E-state index contributed by atoms with van der Waals surface area (Å²) in [6.07, 6.45) is -10.1. The zero-order chi connectivity index (χ0) is 26.2. The van der Waals surface area contributed by atoms with Crippen LogP contribution in [0.25, 0.3) is 0 Å². The Bertz CT molecular complexity index is 1070. The van der Waals surface area contributed by atoms with Crippen LogP contribution in [0.3, 0.4) is 0 Å². The van der Waals surface area contributed by atoms with Crippen LogP contribution in [-0.4, -0.2) is 36.4 Å². The lowest BCUT2D eigenvalue weighted by Crippen LogP contribution is -2.54. The number of carbonyl (C=O) groups excluding carboxylic acids is 1. The number of amides is 1. The Kier molecular flexibility index (Phi) is 7.88. The number of hydrogen-bond acceptors (Lipinski definition) is 3. The third kappa shape index (κ3) is 5.34. The molecule has 1 heterocycles. The van der Waals surface area contributed by atoms with Gasteiger partial charge in [0.1, 0.15) is 5.41 Å². The van der Waals surface area contributed by atoms with E-state index in [1.807, 2.05) is 0 Å². The summed E-state index contributed by atoms with van der Waals surface area (Å²) in [4.78, 5) is 12.6. The highest BCUT2D eigenvalue weighted by Gasteiger charge is 2.64. The molecule has 12 heteroatoms. The van der Waals surface area contributed by atoms with Crippen molar-refractivity contribution in [3.8, 4) is 0 Å². The lowest BCUT2D eigenvalue weighted by Gasteiger charge is -2.40. The minimum absolute atomic E-state index is 0.0379. The number of carbonyl (C=O) groups is 1. The summed E-state index contributed by atoms with van der Waals surface area (Å²) in [5.41, 5.74) is -4.35. The SMILES string of the molecule is CCC(=O)NCc1ccc(N2CCC(c3cc(Cl)cc(Cl)c3)(C(F)(F)F)C2CO)cc1C(F)(F)F. The van der Waals surface area contributed by atoms with Gasteiger partial charge in [0.05, 0.1) is 18.2 Å². The number of alkyl halides is 6. The second-order valence-corrected chi connectivity index (χ2v) is 9.11. The van der Waals surface area contributed by atoms with E-state index in [1.165, 1.54) is 12.1 Å². The number of anilines is 1. The zero-order valence-electron chi connectivity index (χ0n) is 18.4. The van der Waals surface area contributed by atoms with Crippen molar-refractivity contribution in [2.45, 2.75) is 50.1 Å². The number of benzene rings is 2. The van der Waals surface area contributed by atoms with Crippen LogP contribution in [0, 0.1) is 0 Å². The molecule has 0 bridgehead atoms. The molecule has 35 heavy (non-hydrogen) atoms. The van der Waals surface area contributed by atoms with Gasteiger partial charge in [0.2, 0.25) is 5.91 Å². The summed E-state index contributed by atoms with van der Waals surface area (Å²) in [7, 11) is 0. The van der Waals surface area contributed by atoms with Crippen LogP contribution in [0.2, 0.25) is 10.0 Å². The normalized spacial score (nSPS) is 20.9. The summed E-state index contributed by atoms with van der Waals surface area (Å²) < 4.78 is 85.2.